The van der Waals surface area contributed by atoms with E-state index in [0.717, 1.165) is 11.6 Å². The number of hydrogen-bond acceptors (Lipinski definition) is 6. The summed E-state index contributed by atoms with van der Waals surface area (Å²) in [6, 6.07) is 14.9. The van der Waals surface area contributed by atoms with Crippen molar-refractivity contribution in [2.75, 3.05) is 19.0 Å². The molecular weight excluding hydrogens is 641 g/mol. The minimum absolute atomic E-state index is 0.0107. The number of carbonyl (C=O) groups is 1. The van der Waals surface area contributed by atoms with E-state index in [-0.39, 0.29) is 44.8 Å². The summed E-state index contributed by atoms with van der Waals surface area (Å²) in [6.07, 6.45) is 1.87. The second-order valence-corrected chi connectivity index (χ2v) is 15.3. The Kier molecular flexibility index (Phi) is 10.2. The Morgan fingerprint density at radius 2 is 1.65 bits per heavy atom. The number of amides is 1. The summed E-state index contributed by atoms with van der Waals surface area (Å²) in [7, 11) is -2.19. The number of rotatable bonds is 11. The molecule has 2 saturated carbocycles. The van der Waals surface area contributed by atoms with E-state index in [1.54, 1.807) is 5.06 Å². The van der Waals surface area contributed by atoms with Crippen molar-refractivity contribution in [1.82, 2.24) is 5.06 Å². The molecule has 2 aliphatic rings. The van der Waals surface area contributed by atoms with Gasteiger partial charge in [-0.1, -0.05) is 55.8 Å². The van der Waals surface area contributed by atoms with Crippen LogP contribution in [0.5, 0.6) is 0 Å². The Bertz CT molecular complexity index is 1660. The van der Waals surface area contributed by atoms with Gasteiger partial charge < -0.3 is 10.4 Å². The van der Waals surface area contributed by atoms with Gasteiger partial charge in [0.1, 0.15) is 0 Å². The van der Waals surface area contributed by atoms with Crippen LogP contribution in [0.15, 0.2) is 65.6 Å². The van der Waals surface area contributed by atoms with Crippen LogP contribution in [0.2, 0.25) is 5.02 Å². The molecule has 1 amide bonds. The van der Waals surface area contributed by atoms with E-state index >= 15 is 0 Å². The van der Waals surface area contributed by atoms with Crippen molar-refractivity contribution in [3.8, 4) is 0 Å². The molecule has 2 bridgehead atoms. The normalized spacial score (nSPS) is 24.2. The van der Waals surface area contributed by atoms with Gasteiger partial charge >= 0.3 is 0 Å². The summed E-state index contributed by atoms with van der Waals surface area (Å²) in [5, 5.41) is 15.1. The first-order chi connectivity index (χ1) is 21.7. The number of aliphatic hydroxyl groups is 1. The molecule has 6 atom stereocenters. The maximum atomic E-state index is 14.1. The maximum Gasteiger partial charge on any atom is 0.255 e. The van der Waals surface area contributed by atoms with E-state index in [2.05, 4.69) is 5.32 Å². The third-order valence-corrected chi connectivity index (χ3v) is 12.6. The number of hydroxylamine groups is 2. The van der Waals surface area contributed by atoms with Crippen LogP contribution in [0.4, 0.5) is 18.9 Å². The molecule has 0 heterocycles. The van der Waals surface area contributed by atoms with Gasteiger partial charge in [-0.3, -0.25) is 9.63 Å². The van der Waals surface area contributed by atoms with Crippen molar-refractivity contribution >= 4 is 33.0 Å². The van der Waals surface area contributed by atoms with Crippen molar-refractivity contribution in [3.05, 3.63) is 94.3 Å². The topological polar surface area (TPSA) is 95.9 Å². The Balaban J connectivity index is 1.27. The number of carbonyl (C=O) groups excluding carboxylic acids is 1. The molecule has 248 valence electrons. The zero-order chi connectivity index (χ0) is 33.4. The minimum atomic E-state index is -4.05. The molecule has 0 radical (unpaired) electrons. The fraction of sp³-hybridized carbons (Fsp3) is 0.441. The van der Waals surface area contributed by atoms with E-state index in [0.29, 0.717) is 51.0 Å². The Morgan fingerprint density at radius 1 is 1.04 bits per heavy atom. The standard InChI is InChI=1S/C34H38ClF3N2O5S/c1-20(19-45-40(3)18-22-7-5-4-6-8-22)21(2)34(42)16-24-9-10-25(17-34)32(24)46(43,44)30-13-23(11-12-27(30)35)33(41)39-26-14-28(36)31(38)29(37)15-26/h4-8,11-15,20-21,24-25,32,42H,9-10,16-19H2,1-3H3,(H,39,41)/t20?,21?,24-,25?,32?,34?/m1/s1. The predicted molar refractivity (Wildman–Crippen MR) is 169 cm³/mol. The highest BCUT2D eigenvalue weighted by Gasteiger charge is 2.56. The molecule has 5 rings (SSSR count). The first-order valence-electron chi connectivity index (χ1n) is 15.3. The molecule has 2 aliphatic carbocycles. The van der Waals surface area contributed by atoms with E-state index in [1.807, 2.05) is 51.2 Å². The molecule has 5 unspecified atom stereocenters. The van der Waals surface area contributed by atoms with E-state index in [1.165, 1.54) is 12.1 Å². The molecule has 0 aliphatic heterocycles. The second-order valence-electron chi connectivity index (χ2n) is 12.8. The molecule has 2 N–H and O–H groups in total. The van der Waals surface area contributed by atoms with Crippen molar-refractivity contribution in [3.63, 3.8) is 0 Å². The molecule has 46 heavy (non-hydrogen) atoms. The summed E-state index contributed by atoms with van der Waals surface area (Å²) in [4.78, 5) is 18.7. The highest BCUT2D eigenvalue weighted by atomic mass is 35.5. The first-order valence-corrected chi connectivity index (χ1v) is 17.2. The second kappa shape index (κ2) is 13.6. The van der Waals surface area contributed by atoms with E-state index in [9.17, 15) is 31.5 Å². The quantitative estimate of drug-likeness (QED) is 0.167. The van der Waals surface area contributed by atoms with Crippen LogP contribution in [0.25, 0.3) is 0 Å². The molecule has 0 saturated heterocycles. The molecule has 0 aromatic heterocycles. The highest BCUT2D eigenvalue weighted by Crippen LogP contribution is 2.54. The summed E-state index contributed by atoms with van der Waals surface area (Å²) in [5.41, 5.74) is -0.399. The van der Waals surface area contributed by atoms with Crippen LogP contribution >= 0.6 is 11.6 Å². The number of sulfone groups is 1. The average Bonchev–Trinajstić information content (AvgIpc) is 3.31. The summed E-state index contributed by atoms with van der Waals surface area (Å²) < 4.78 is 68.9. The monoisotopic (exact) mass is 678 g/mol. The number of nitrogens with zero attached hydrogens (tertiary/aromatic N) is 1. The molecule has 3 aromatic carbocycles. The largest absolute Gasteiger partial charge is 0.390 e. The lowest BCUT2D eigenvalue weighted by Gasteiger charge is -2.46. The van der Waals surface area contributed by atoms with Gasteiger partial charge in [0.05, 0.1) is 27.4 Å². The summed E-state index contributed by atoms with van der Waals surface area (Å²) in [6.45, 7) is 5.02. The Hall–Kier alpha value is -2.96. The number of halogens is 4. The van der Waals surface area contributed by atoms with Crippen molar-refractivity contribution < 1.29 is 36.3 Å². The van der Waals surface area contributed by atoms with Gasteiger partial charge in [-0.05, 0) is 73.1 Å². The highest BCUT2D eigenvalue weighted by molar-refractivity contribution is 7.92. The Morgan fingerprint density at radius 3 is 2.26 bits per heavy atom. The van der Waals surface area contributed by atoms with Gasteiger partial charge in [-0.25, -0.2) is 21.6 Å². The van der Waals surface area contributed by atoms with Gasteiger partial charge in [-0.15, -0.1) is 0 Å². The van der Waals surface area contributed by atoms with Crippen molar-refractivity contribution in [2.24, 2.45) is 23.7 Å². The van der Waals surface area contributed by atoms with Crippen LogP contribution in [-0.2, 0) is 21.2 Å². The smallest absolute Gasteiger partial charge is 0.255 e. The zero-order valence-electron chi connectivity index (χ0n) is 25.9. The molecular formula is C34H38ClF3N2O5S. The summed E-state index contributed by atoms with van der Waals surface area (Å²) in [5.74, 6) is -6.28. The van der Waals surface area contributed by atoms with E-state index < -0.39 is 44.0 Å². The molecule has 3 aromatic rings. The number of hydrogen-bond donors (Lipinski definition) is 2. The number of benzene rings is 3. The summed E-state index contributed by atoms with van der Waals surface area (Å²) >= 11 is 6.38. The zero-order valence-corrected chi connectivity index (χ0v) is 27.4. The number of fused-ring (bicyclic) bond motifs is 2. The Labute approximate surface area is 272 Å². The van der Waals surface area contributed by atoms with Gasteiger partial charge in [0.15, 0.2) is 27.3 Å². The number of nitrogens with one attached hydrogen (secondary N) is 1. The van der Waals surface area contributed by atoms with Crippen LogP contribution in [0.3, 0.4) is 0 Å². The first kappa shape index (κ1) is 34.4. The van der Waals surface area contributed by atoms with Crippen molar-refractivity contribution in [1.29, 1.82) is 0 Å². The number of anilines is 1. The van der Waals surface area contributed by atoms with Gasteiger partial charge in [0.2, 0.25) is 0 Å². The van der Waals surface area contributed by atoms with Gasteiger partial charge in [0, 0.05) is 37.0 Å². The lowest BCUT2D eigenvalue weighted by atomic mass is 9.68. The fourth-order valence-electron chi connectivity index (χ4n) is 7.09. The van der Waals surface area contributed by atoms with Crippen LogP contribution < -0.4 is 5.32 Å². The molecule has 2 fully saturated rings. The maximum absolute atomic E-state index is 14.1. The van der Waals surface area contributed by atoms with Crippen LogP contribution in [-0.4, -0.2) is 49.0 Å². The molecule has 0 spiro atoms. The lowest BCUT2D eigenvalue weighted by molar-refractivity contribution is -0.172. The van der Waals surface area contributed by atoms with Crippen LogP contribution in [0.1, 0.15) is 55.5 Å². The average molecular weight is 679 g/mol. The molecule has 7 nitrogen and oxygen atoms in total. The van der Waals surface area contributed by atoms with Crippen LogP contribution in [0, 0.1) is 41.1 Å². The fourth-order valence-corrected chi connectivity index (χ4v) is 9.94. The van der Waals surface area contributed by atoms with E-state index in [4.69, 9.17) is 16.4 Å². The third kappa shape index (κ3) is 7.13. The van der Waals surface area contributed by atoms with Crippen molar-refractivity contribution in [2.45, 2.75) is 61.8 Å². The lowest BCUT2D eigenvalue weighted by Crippen LogP contribution is -2.51. The third-order valence-electron chi connectivity index (χ3n) is 9.68. The SMILES string of the molecule is CC(CON(C)Cc1ccccc1)C(C)C1(O)CC2CC[C@H](C1)C2S(=O)(=O)c1cc(C(=O)Nc2cc(F)c(F)c(F)c2)ccc1Cl. The minimum Gasteiger partial charge on any atom is -0.390 e. The van der Waals surface area contributed by atoms with Gasteiger partial charge in [0.25, 0.3) is 5.91 Å². The van der Waals surface area contributed by atoms with Gasteiger partial charge in [-0.2, -0.15) is 5.06 Å². The molecule has 12 heteroatoms. The predicted octanol–water partition coefficient (Wildman–Crippen LogP) is 7.04.